The van der Waals surface area contributed by atoms with E-state index in [0.29, 0.717) is 6.54 Å². The first-order valence-corrected chi connectivity index (χ1v) is 10.6. The summed E-state index contributed by atoms with van der Waals surface area (Å²) in [4.78, 5) is 16.3. The van der Waals surface area contributed by atoms with Crippen LogP contribution in [0.2, 0.25) is 0 Å². The van der Waals surface area contributed by atoms with E-state index in [0.717, 1.165) is 28.8 Å². The van der Waals surface area contributed by atoms with E-state index >= 15 is 0 Å². The maximum Gasteiger partial charge on any atom is 0.223 e. The maximum atomic E-state index is 12.9. The lowest BCUT2D eigenvalue weighted by atomic mass is 9.90. The number of hydrogen-bond acceptors (Lipinski definition) is 3. The third-order valence-corrected chi connectivity index (χ3v) is 6.28. The second kappa shape index (κ2) is 7.95. The summed E-state index contributed by atoms with van der Waals surface area (Å²) in [5.41, 5.74) is 4.57. The molecule has 3 atom stereocenters. The smallest absolute Gasteiger partial charge is 0.223 e. The first-order chi connectivity index (χ1) is 15.1. The number of benzene rings is 2. The molecule has 1 aliphatic rings. The average molecular weight is 415 g/mol. The minimum atomic E-state index is 0.0312. The summed E-state index contributed by atoms with van der Waals surface area (Å²) in [6, 6.07) is 16.4. The lowest BCUT2D eigenvalue weighted by Crippen LogP contribution is -2.30. The Morgan fingerprint density at radius 1 is 1.26 bits per heavy atom. The number of aryl methyl sites for hydroxylation is 1. The molecule has 6 nitrogen and oxygen atoms in total. The molecule has 158 valence electrons. The van der Waals surface area contributed by atoms with Crippen LogP contribution in [0.15, 0.2) is 67.1 Å². The molecule has 2 aromatic carbocycles. The van der Waals surface area contributed by atoms with Crippen molar-refractivity contribution in [3.05, 3.63) is 83.8 Å². The van der Waals surface area contributed by atoms with Gasteiger partial charge in [-0.1, -0.05) is 30.3 Å². The lowest BCUT2D eigenvalue weighted by Gasteiger charge is -2.19. The van der Waals surface area contributed by atoms with Gasteiger partial charge in [0.2, 0.25) is 5.91 Å². The summed E-state index contributed by atoms with van der Waals surface area (Å²) in [6.45, 7) is 0.545. The van der Waals surface area contributed by atoms with E-state index in [1.807, 2.05) is 43.7 Å². The summed E-state index contributed by atoms with van der Waals surface area (Å²) in [5.74, 6) is 1.29. The Morgan fingerprint density at radius 3 is 2.81 bits per heavy atom. The van der Waals surface area contributed by atoms with Crippen LogP contribution >= 0.6 is 0 Å². The molecule has 5 rings (SSSR count). The third kappa shape index (κ3) is 3.81. The number of carbonyl (C=O) groups is 1. The number of methoxy groups -OCH3 is 1. The number of aromatic amines is 1. The first kappa shape index (κ1) is 19.4. The van der Waals surface area contributed by atoms with Crippen LogP contribution in [0.25, 0.3) is 10.9 Å². The number of carbonyl (C=O) groups excluding carboxylic acids is 1. The number of hydrogen-bond donors (Lipinski definition) is 2. The third-order valence-electron chi connectivity index (χ3n) is 6.28. The van der Waals surface area contributed by atoms with Crippen LogP contribution in [-0.4, -0.2) is 34.3 Å². The van der Waals surface area contributed by atoms with Gasteiger partial charge in [-0.3, -0.25) is 9.48 Å². The monoisotopic (exact) mass is 414 g/mol. The Bertz CT molecular complexity index is 1210. The topological polar surface area (TPSA) is 71.9 Å². The zero-order chi connectivity index (χ0) is 21.4. The van der Waals surface area contributed by atoms with Crippen molar-refractivity contribution in [3.63, 3.8) is 0 Å². The number of nitrogens with one attached hydrogen (secondary N) is 2. The van der Waals surface area contributed by atoms with E-state index in [4.69, 9.17) is 4.74 Å². The molecule has 2 N–H and O–H groups in total. The van der Waals surface area contributed by atoms with Crippen LogP contribution in [-0.2, 0) is 11.8 Å². The number of aromatic nitrogens is 3. The van der Waals surface area contributed by atoms with E-state index in [9.17, 15) is 4.79 Å². The predicted molar refractivity (Wildman–Crippen MR) is 120 cm³/mol. The molecule has 0 aliphatic heterocycles. The van der Waals surface area contributed by atoms with Crippen molar-refractivity contribution in [2.75, 3.05) is 13.7 Å². The Morgan fingerprint density at radius 2 is 2.06 bits per heavy atom. The van der Waals surface area contributed by atoms with Crippen molar-refractivity contribution in [2.24, 2.45) is 13.0 Å². The molecule has 31 heavy (non-hydrogen) atoms. The van der Waals surface area contributed by atoms with Gasteiger partial charge >= 0.3 is 0 Å². The highest BCUT2D eigenvalue weighted by Crippen LogP contribution is 2.47. The number of amides is 1. The molecule has 1 fully saturated rings. The molecule has 2 aromatic heterocycles. The number of para-hydroxylation sites is 1. The lowest BCUT2D eigenvalue weighted by molar-refractivity contribution is -0.122. The van der Waals surface area contributed by atoms with Crippen LogP contribution in [0.4, 0.5) is 0 Å². The first-order valence-electron chi connectivity index (χ1n) is 10.6. The van der Waals surface area contributed by atoms with Gasteiger partial charge in [0.05, 0.1) is 13.3 Å². The van der Waals surface area contributed by atoms with Gasteiger partial charge in [0.15, 0.2) is 0 Å². The Balaban J connectivity index is 1.36. The van der Waals surface area contributed by atoms with Gasteiger partial charge in [-0.15, -0.1) is 0 Å². The van der Waals surface area contributed by atoms with Crippen molar-refractivity contribution in [1.82, 2.24) is 20.1 Å². The van der Waals surface area contributed by atoms with Crippen LogP contribution in [0.5, 0.6) is 5.75 Å². The molecule has 4 aromatic rings. The number of H-pyrrole nitrogens is 1. The van der Waals surface area contributed by atoms with Crippen LogP contribution in [0.1, 0.15) is 34.9 Å². The second-order valence-corrected chi connectivity index (χ2v) is 8.26. The van der Waals surface area contributed by atoms with Gasteiger partial charge in [0, 0.05) is 48.7 Å². The highest BCUT2D eigenvalue weighted by Gasteiger charge is 2.44. The standard InChI is InChI=1S/C25H26N4O2/c1-29-15-17(12-28-29)20-11-21(20)25(30)27-13-22(16-7-9-18(31-2)10-8-16)23-14-26-24-6-4-3-5-19(23)24/h3-10,12,14-15,20-22,26H,11,13H2,1-2H3,(H,27,30)/t20-,21-,22-/m0/s1. The van der Waals surface area contributed by atoms with E-state index in [2.05, 4.69) is 45.9 Å². The van der Waals surface area contributed by atoms with Gasteiger partial charge < -0.3 is 15.0 Å². The number of ether oxygens (including phenoxy) is 1. The average Bonchev–Trinajstić information content (AvgIpc) is 3.31. The molecule has 0 unspecified atom stereocenters. The minimum absolute atomic E-state index is 0.0312. The van der Waals surface area contributed by atoms with Gasteiger partial charge in [-0.25, -0.2) is 0 Å². The summed E-state index contributed by atoms with van der Waals surface area (Å²) in [6.07, 6.45) is 6.81. The van der Waals surface area contributed by atoms with Crippen LogP contribution < -0.4 is 10.1 Å². The fourth-order valence-corrected chi connectivity index (χ4v) is 4.44. The molecule has 0 bridgehead atoms. The normalized spacial score (nSPS) is 18.6. The molecule has 0 radical (unpaired) electrons. The molecule has 6 heteroatoms. The Hall–Kier alpha value is -3.54. The quantitative estimate of drug-likeness (QED) is 0.481. The highest BCUT2D eigenvalue weighted by molar-refractivity contribution is 5.85. The zero-order valence-corrected chi connectivity index (χ0v) is 17.7. The fourth-order valence-electron chi connectivity index (χ4n) is 4.44. The molecule has 2 heterocycles. The van der Waals surface area contributed by atoms with Gasteiger partial charge in [-0.05, 0) is 47.2 Å². The van der Waals surface area contributed by atoms with Crippen molar-refractivity contribution in [1.29, 1.82) is 0 Å². The van der Waals surface area contributed by atoms with Gasteiger partial charge in [0.25, 0.3) is 0 Å². The largest absolute Gasteiger partial charge is 0.497 e. The molecular formula is C25H26N4O2. The number of nitrogens with zero attached hydrogens (tertiary/aromatic N) is 2. The minimum Gasteiger partial charge on any atom is -0.497 e. The van der Waals surface area contributed by atoms with Gasteiger partial charge in [0.1, 0.15) is 5.75 Å². The Labute approximate surface area is 181 Å². The van der Waals surface area contributed by atoms with E-state index < -0.39 is 0 Å². The van der Waals surface area contributed by atoms with E-state index in [1.165, 1.54) is 10.9 Å². The zero-order valence-electron chi connectivity index (χ0n) is 17.7. The summed E-state index contributed by atoms with van der Waals surface area (Å²) < 4.78 is 7.11. The van der Waals surface area contributed by atoms with Crippen molar-refractivity contribution in [3.8, 4) is 5.75 Å². The molecular weight excluding hydrogens is 388 g/mol. The summed E-state index contributed by atoms with van der Waals surface area (Å²) >= 11 is 0. The van der Waals surface area contributed by atoms with Gasteiger partial charge in [-0.2, -0.15) is 5.10 Å². The summed E-state index contributed by atoms with van der Waals surface area (Å²) in [7, 11) is 3.57. The Kier molecular flexibility index (Phi) is 4.98. The van der Waals surface area contributed by atoms with Crippen molar-refractivity contribution >= 4 is 16.8 Å². The molecule has 1 saturated carbocycles. The second-order valence-electron chi connectivity index (χ2n) is 8.26. The molecule has 0 saturated heterocycles. The fraction of sp³-hybridized carbons (Fsp3) is 0.280. The van der Waals surface area contributed by atoms with E-state index in [1.54, 1.807) is 11.8 Å². The predicted octanol–water partition coefficient (Wildman–Crippen LogP) is 3.96. The maximum absolute atomic E-state index is 12.9. The van der Waals surface area contributed by atoms with Crippen LogP contribution in [0, 0.1) is 5.92 Å². The highest BCUT2D eigenvalue weighted by atomic mass is 16.5. The van der Waals surface area contributed by atoms with Crippen molar-refractivity contribution in [2.45, 2.75) is 18.3 Å². The van der Waals surface area contributed by atoms with Crippen molar-refractivity contribution < 1.29 is 9.53 Å². The van der Waals surface area contributed by atoms with Crippen LogP contribution in [0.3, 0.4) is 0 Å². The summed E-state index contributed by atoms with van der Waals surface area (Å²) in [5, 5.41) is 8.63. The molecule has 0 spiro atoms. The number of rotatable bonds is 7. The van der Waals surface area contributed by atoms with E-state index in [-0.39, 0.29) is 23.7 Å². The molecule has 1 amide bonds. The SMILES string of the molecule is COc1ccc([C@H](CNC(=O)[C@H]2C[C@H]2c2cnn(C)c2)c2c[nH]c3ccccc23)cc1. The number of fused-ring (bicyclic) bond motifs is 1. The molecule has 1 aliphatic carbocycles.